The molecular formula is C80H133N11O19. The average molecular weight is 1550 g/mol. The molecule has 9 atom stereocenters. The summed E-state index contributed by atoms with van der Waals surface area (Å²) in [6, 6.07) is 3.87. The van der Waals surface area contributed by atoms with E-state index in [-0.39, 0.29) is 114 Å². The summed E-state index contributed by atoms with van der Waals surface area (Å²) in [7, 11) is 0. The number of piperidine rings is 7. The van der Waals surface area contributed by atoms with Crippen LogP contribution in [0, 0.1) is 75.9 Å². The van der Waals surface area contributed by atoms with Gasteiger partial charge in [-0.2, -0.15) is 10.5 Å². The maximum Gasteiger partial charge on any atom is 0.410 e. The second-order valence-electron chi connectivity index (χ2n) is 35.2. The van der Waals surface area contributed by atoms with Crippen LogP contribution in [-0.4, -0.2) is 238 Å². The molecule has 0 aromatic heterocycles. The van der Waals surface area contributed by atoms with Crippen LogP contribution in [0.15, 0.2) is 11.6 Å². The summed E-state index contributed by atoms with van der Waals surface area (Å²) in [5, 5.41) is 21.8. The highest BCUT2D eigenvalue weighted by Gasteiger charge is 2.43. The molecule has 8 aliphatic rings. The molecule has 0 saturated carbocycles. The van der Waals surface area contributed by atoms with E-state index in [2.05, 4.69) is 16.7 Å². The van der Waals surface area contributed by atoms with E-state index in [1.807, 2.05) is 110 Å². The van der Waals surface area contributed by atoms with Gasteiger partial charge >= 0.3 is 36.6 Å². The van der Waals surface area contributed by atoms with Gasteiger partial charge in [0, 0.05) is 122 Å². The van der Waals surface area contributed by atoms with Crippen molar-refractivity contribution in [3.63, 3.8) is 0 Å². The van der Waals surface area contributed by atoms with Crippen molar-refractivity contribution in [2.75, 3.05) is 98.2 Å². The number of nitrogens with one attached hydrogen (secondary N) is 2. The van der Waals surface area contributed by atoms with Crippen molar-refractivity contribution in [3.8, 4) is 12.1 Å². The maximum absolute atomic E-state index is 12.0. The molecule has 4 N–H and O–H groups in total. The number of hydrogen-bond donors (Lipinski definition) is 3. The Kier molecular flexibility index (Phi) is 39.1. The van der Waals surface area contributed by atoms with Crippen LogP contribution >= 0.6 is 0 Å². The molecule has 0 radical (unpaired) electrons. The number of amides is 8. The van der Waals surface area contributed by atoms with Crippen LogP contribution in [0.2, 0.25) is 0 Å². The molecule has 0 spiro atoms. The van der Waals surface area contributed by atoms with E-state index in [9.17, 15) is 62.3 Å². The fraction of sp³-hybridized carbons (Fsp3) is 0.787. The second-order valence-corrected chi connectivity index (χ2v) is 35.2. The van der Waals surface area contributed by atoms with Crippen LogP contribution in [0.25, 0.3) is 0 Å². The molecular weight excluding hydrogens is 1420 g/mol. The monoisotopic (exact) mass is 1550 g/mol. The highest BCUT2D eigenvalue weighted by molar-refractivity contribution is 6.02. The van der Waals surface area contributed by atoms with Crippen LogP contribution in [0.1, 0.15) is 223 Å². The lowest BCUT2D eigenvalue weighted by Crippen LogP contribution is -2.53. The number of ether oxygens (including phenoxy) is 6. The normalized spacial score (nSPS) is 23.3. The topological polar surface area (TPSA) is 394 Å². The third-order valence-electron chi connectivity index (χ3n) is 18.7. The van der Waals surface area contributed by atoms with Gasteiger partial charge in [-0.1, -0.05) is 6.08 Å². The first-order chi connectivity index (χ1) is 50.6. The highest BCUT2D eigenvalue weighted by atomic mass is 16.6. The van der Waals surface area contributed by atoms with Crippen molar-refractivity contribution in [3.05, 3.63) is 11.6 Å². The molecule has 7 saturated heterocycles. The van der Waals surface area contributed by atoms with Gasteiger partial charge in [0.25, 0.3) is 0 Å². The van der Waals surface area contributed by atoms with Gasteiger partial charge in [-0.25, -0.2) is 28.8 Å². The molecule has 110 heavy (non-hydrogen) atoms. The number of carbonyl (C=O) groups excluding carboxylic acids is 13. The zero-order valence-electron chi connectivity index (χ0n) is 70.4. The molecule has 8 amide bonds. The van der Waals surface area contributed by atoms with Crippen molar-refractivity contribution < 1.29 is 90.8 Å². The first kappa shape index (κ1) is 97.7. The summed E-state index contributed by atoms with van der Waals surface area (Å²) in [6.07, 6.45) is 7.26. The molecule has 5 unspecified atom stereocenters. The standard InChI is InChI=1S/C14H26N2O3.C14H22N2O3.2C13H22N2O3.C12H19NO4.C12H19NO3.C2H3N/c2*1-10(17)12-9-16(8-6-11(12)5-7-15)13(18)19-14(2,3)4;2*1-13(2,3)18-12(17)15-7-5-9-4-6-14-11(16)10(9)8-15;1-8(14)9-7-13(6-5-10(9)15)11(16)17-12(2,3)4;1-9(14)10-6-5-7-13(8-10)11(15)16-12(2,3)4;1-2-3/h11-12H,5-9,15H2,1-4H3;11-12H,5-6,8-9H2,1-4H3;2*9-10H,4-8H2,1-3H3,(H,14,16);9H,5-7H2,1-4H3;6H,5,7-8H2,1-4H3;1H3/t;;9-,10+;9-,10-;;;/m..01.../s1. The molecule has 30 heteroatoms. The lowest BCUT2D eigenvalue weighted by Gasteiger charge is -2.40. The Morgan fingerprint density at radius 3 is 1.11 bits per heavy atom. The number of likely N-dealkylation sites (tertiary alicyclic amines) is 5. The summed E-state index contributed by atoms with van der Waals surface area (Å²) in [5.74, 6) is 0.132. The summed E-state index contributed by atoms with van der Waals surface area (Å²) in [6.45, 7) is 48.3. The number of hydrogen-bond acceptors (Lipinski definition) is 22. The van der Waals surface area contributed by atoms with Crippen molar-refractivity contribution >= 4 is 77.3 Å². The summed E-state index contributed by atoms with van der Waals surface area (Å²) in [5.41, 5.74) is 3.21. The number of nitrogens with two attached hydrogens (primary N) is 1. The molecule has 622 valence electrons. The minimum Gasteiger partial charge on any atom is -0.444 e. The van der Waals surface area contributed by atoms with Crippen molar-refractivity contribution in [2.45, 2.75) is 257 Å². The van der Waals surface area contributed by atoms with E-state index in [1.54, 1.807) is 58.3 Å². The quantitative estimate of drug-likeness (QED) is 0.157. The first-order valence-electron chi connectivity index (χ1n) is 38.7. The van der Waals surface area contributed by atoms with Gasteiger partial charge in [0.05, 0.1) is 36.4 Å². The van der Waals surface area contributed by atoms with Gasteiger partial charge in [0.2, 0.25) is 11.8 Å². The number of Topliss-reactive ketones (excluding diaryl/α,β-unsaturated/α-hetero) is 5. The molecule has 8 aliphatic heterocycles. The number of ketones is 5. The van der Waals surface area contributed by atoms with E-state index in [4.69, 9.17) is 44.7 Å². The molecule has 0 aliphatic carbocycles. The number of nitriles is 2. The van der Waals surface area contributed by atoms with Crippen LogP contribution in [0.3, 0.4) is 0 Å². The van der Waals surface area contributed by atoms with E-state index >= 15 is 0 Å². The Morgan fingerprint density at radius 1 is 0.455 bits per heavy atom. The number of carbonyl (C=O) groups is 13. The predicted molar refractivity (Wildman–Crippen MR) is 412 cm³/mol. The third-order valence-corrected chi connectivity index (χ3v) is 18.7. The molecule has 0 bridgehead atoms. The molecule has 8 rings (SSSR count). The molecule has 8 heterocycles. The Bertz CT molecular complexity index is 3200. The van der Waals surface area contributed by atoms with Crippen molar-refractivity contribution in [1.82, 2.24) is 40.0 Å². The molecule has 0 aromatic carbocycles. The minimum absolute atomic E-state index is 0.0215. The summed E-state index contributed by atoms with van der Waals surface area (Å²) >= 11 is 0. The Balaban J connectivity index is 0.000000445. The zero-order valence-corrected chi connectivity index (χ0v) is 70.4. The zero-order chi connectivity index (χ0) is 84.2. The van der Waals surface area contributed by atoms with E-state index < -0.39 is 45.6 Å². The Morgan fingerprint density at radius 2 is 0.782 bits per heavy atom. The fourth-order valence-corrected chi connectivity index (χ4v) is 13.3. The molecule has 0 aromatic rings. The SMILES string of the molecule is CC#N.CC(=O)C1=CCCN(C(=O)OC(C)(C)C)C1.CC(=O)C1CN(C(=O)OC(C)(C)C)CCC1=O.CC(=O)C1CN(C(=O)OC(C)(C)C)CCC1CC#N.CC(=O)C1CN(C(=O)OC(C)(C)C)CCC1CCN.CC(C)(C)OC(=O)N1CC[C@@H]2CCNC(=O)[C@@H]2C1.CC(C)(C)OC(=O)N1CC[C@H]2CCNC(=O)[C@@H]2C1. The van der Waals surface area contributed by atoms with Crippen molar-refractivity contribution in [1.29, 1.82) is 10.5 Å². The van der Waals surface area contributed by atoms with Gasteiger partial charge in [0.15, 0.2) is 5.78 Å². The molecule has 30 nitrogen and oxygen atoms in total. The van der Waals surface area contributed by atoms with Crippen molar-refractivity contribution in [2.24, 2.45) is 59.0 Å². The summed E-state index contributed by atoms with van der Waals surface area (Å²) < 4.78 is 31.8. The number of fused-ring (bicyclic) bond motifs is 2. The van der Waals surface area contributed by atoms with Gasteiger partial charge < -0.3 is 74.2 Å². The van der Waals surface area contributed by atoms with Crippen LogP contribution in [0.5, 0.6) is 0 Å². The summed E-state index contributed by atoms with van der Waals surface area (Å²) in [4.78, 5) is 162. The van der Waals surface area contributed by atoms with E-state index in [0.717, 1.165) is 51.6 Å². The second kappa shape index (κ2) is 44.0. The number of rotatable bonds is 7. The third kappa shape index (κ3) is 36.6. The van der Waals surface area contributed by atoms with Crippen LogP contribution in [-0.2, 0) is 62.0 Å². The van der Waals surface area contributed by atoms with Gasteiger partial charge in [-0.05, 0) is 234 Å². The first-order valence-corrected chi connectivity index (χ1v) is 38.7. The lowest BCUT2D eigenvalue weighted by molar-refractivity contribution is -0.135. The Hall–Kier alpha value is -8.41. The smallest absolute Gasteiger partial charge is 0.410 e. The fourth-order valence-electron chi connectivity index (χ4n) is 13.3. The lowest BCUT2D eigenvalue weighted by atomic mass is 9.80. The minimum atomic E-state index is -0.684. The van der Waals surface area contributed by atoms with Crippen LogP contribution < -0.4 is 16.4 Å². The molecule has 7 fully saturated rings. The largest absolute Gasteiger partial charge is 0.444 e. The number of nitrogens with zero attached hydrogens (tertiary/aromatic N) is 8. The van der Waals surface area contributed by atoms with E-state index in [0.29, 0.717) is 121 Å². The van der Waals surface area contributed by atoms with Gasteiger partial charge in [-0.15, -0.1) is 0 Å². The van der Waals surface area contributed by atoms with E-state index in [1.165, 1.54) is 32.6 Å². The van der Waals surface area contributed by atoms with Gasteiger partial charge in [-0.3, -0.25) is 33.6 Å². The Labute approximate surface area is 653 Å². The predicted octanol–water partition coefficient (Wildman–Crippen LogP) is 11.0. The van der Waals surface area contributed by atoms with Gasteiger partial charge in [0.1, 0.15) is 56.7 Å². The highest BCUT2D eigenvalue weighted by Crippen LogP contribution is 2.34. The average Bonchev–Trinajstić information content (AvgIpc) is 0.825. The van der Waals surface area contributed by atoms with Crippen LogP contribution in [0.4, 0.5) is 28.8 Å². The maximum atomic E-state index is 12.0.